The molecule has 0 radical (unpaired) electrons. The molecule has 2 aromatic rings. The Morgan fingerprint density at radius 3 is 2.50 bits per heavy atom. The minimum Gasteiger partial charge on any atom is -0.493 e. The summed E-state index contributed by atoms with van der Waals surface area (Å²) in [6, 6.07) is 6.88. The lowest BCUT2D eigenvalue weighted by molar-refractivity contribution is -0.400. The molecule has 0 bridgehead atoms. The molecule has 0 aliphatic carbocycles. The number of hydrogen-bond acceptors (Lipinski definition) is 5. The molecule has 0 aliphatic heterocycles. The monoisotopic (exact) mass is 335 g/mol. The van der Waals surface area contributed by atoms with E-state index in [9.17, 15) is 23.7 Å². The van der Waals surface area contributed by atoms with Crippen LogP contribution in [0.15, 0.2) is 42.6 Å². The van der Waals surface area contributed by atoms with Gasteiger partial charge in [0, 0.05) is 6.08 Å². The summed E-state index contributed by atoms with van der Waals surface area (Å²) in [5, 5.41) is 10.3. The summed E-state index contributed by atoms with van der Waals surface area (Å²) in [5.41, 5.74) is 0.282. The van der Waals surface area contributed by atoms with Crippen LogP contribution in [0.2, 0.25) is 0 Å². The molecule has 0 saturated heterocycles. The Bertz CT molecular complexity index is 820. The lowest BCUT2D eigenvalue weighted by Gasteiger charge is -2.10. The van der Waals surface area contributed by atoms with Crippen molar-refractivity contribution in [1.82, 2.24) is 0 Å². The molecular weight excluding hydrogens is 324 g/mol. The van der Waals surface area contributed by atoms with Crippen molar-refractivity contribution in [3.05, 3.63) is 75.5 Å². The van der Waals surface area contributed by atoms with Gasteiger partial charge in [0.2, 0.25) is 6.20 Å². The lowest BCUT2D eigenvalue weighted by Crippen LogP contribution is -2.10. The van der Waals surface area contributed by atoms with Crippen LogP contribution in [0.1, 0.15) is 15.9 Å². The molecule has 2 aromatic carbocycles. The number of esters is 1. The Kier molecular flexibility index (Phi) is 5.20. The number of halogens is 2. The summed E-state index contributed by atoms with van der Waals surface area (Å²) < 4.78 is 36.2. The van der Waals surface area contributed by atoms with Gasteiger partial charge in [-0.15, -0.1) is 0 Å². The van der Waals surface area contributed by atoms with Gasteiger partial charge in [0.05, 0.1) is 17.6 Å². The Hall–Kier alpha value is -3.29. The van der Waals surface area contributed by atoms with Crippen molar-refractivity contribution in [3.8, 4) is 11.5 Å². The Labute approximate surface area is 135 Å². The highest BCUT2D eigenvalue weighted by atomic mass is 19.2. The number of methoxy groups -OCH3 is 1. The summed E-state index contributed by atoms with van der Waals surface area (Å²) in [6.07, 6.45) is 1.99. The van der Waals surface area contributed by atoms with Crippen LogP contribution in [0.5, 0.6) is 11.5 Å². The number of carbonyl (C=O) groups is 1. The zero-order valence-corrected chi connectivity index (χ0v) is 12.4. The first kappa shape index (κ1) is 17.1. The van der Waals surface area contributed by atoms with Gasteiger partial charge in [0.25, 0.3) is 0 Å². The fourth-order valence-electron chi connectivity index (χ4n) is 1.80. The molecule has 2 rings (SSSR count). The molecule has 0 spiro atoms. The fourth-order valence-corrected chi connectivity index (χ4v) is 1.80. The second kappa shape index (κ2) is 7.32. The van der Waals surface area contributed by atoms with Crippen LogP contribution >= 0.6 is 0 Å². The second-order valence-electron chi connectivity index (χ2n) is 4.53. The molecule has 0 N–H and O–H groups in total. The van der Waals surface area contributed by atoms with Crippen molar-refractivity contribution in [2.45, 2.75) is 0 Å². The summed E-state index contributed by atoms with van der Waals surface area (Å²) in [4.78, 5) is 21.7. The van der Waals surface area contributed by atoms with Gasteiger partial charge in [0.15, 0.2) is 23.1 Å². The third-order valence-corrected chi connectivity index (χ3v) is 2.93. The molecule has 0 aliphatic rings. The number of nitrogens with zero attached hydrogens (tertiary/aromatic N) is 1. The van der Waals surface area contributed by atoms with Gasteiger partial charge in [-0.25, -0.2) is 13.6 Å². The van der Waals surface area contributed by atoms with E-state index in [1.54, 1.807) is 0 Å². The van der Waals surface area contributed by atoms with Crippen LogP contribution in [-0.2, 0) is 0 Å². The highest BCUT2D eigenvalue weighted by molar-refractivity contribution is 5.91. The zero-order chi connectivity index (χ0) is 17.7. The maximum absolute atomic E-state index is 13.2. The average molecular weight is 335 g/mol. The molecule has 6 nitrogen and oxygen atoms in total. The third-order valence-electron chi connectivity index (χ3n) is 2.93. The van der Waals surface area contributed by atoms with E-state index < -0.39 is 22.5 Å². The number of benzene rings is 2. The van der Waals surface area contributed by atoms with Crippen molar-refractivity contribution >= 4 is 12.0 Å². The maximum Gasteiger partial charge on any atom is 0.343 e. The van der Waals surface area contributed by atoms with Crippen LogP contribution in [-0.4, -0.2) is 18.0 Å². The van der Waals surface area contributed by atoms with Gasteiger partial charge in [-0.05, 0) is 35.9 Å². The summed E-state index contributed by atoms with van der Waals surface area (Å²) in [6.45, 7) is 0. The van der Waals surface area contributed by atoms with E-state index in [2.05, 4.69) is 0 Å². The SMILES string of the molecule is COc1cc(/C=C/[N+](=O)[O-])ccc1OC(=O)c1ccc(F)c(F)c1. The topological polar surface area (TPSA) is 78.7 Å². The number of hydrogen-bond donors (Lipinski definition) is 0. The molecule has 0 unspecified atom stereocenters. The molecule has 24 heavy (non-hydrogen) atoms. The van der Waals surface area contributed by atoms with Crippen molar-refractivity contribution in [2.24, 2.45) is 0 Å². The molecule has 0 amide bonds. The van der Waals surface area contributed by atoms with Crippen molar-refractivity contribution in [1.29, 1.82) is 0 Å². The standard InChI is InChI=1S/C16H11F2NO5/c1-23-15-8-10(6-7-19(21)22)2-5-14(15)24-16(20)11-3-4-12(17)13(18)9-11/h2-9H,1H3/b7-6+. The summed E-state index contributed by atoms with van der Waals surface area (Å²) in [5.74, 6) is -2.97. The molecule has 0 atom stereocenters. The first-order valence-corrected chi connectivity index (χ1v) is 6.57. The Morgan fingerprint density at radius 1 is 1.12 bits per heavy atom. The molecule has 8 heteroatoms. The van der Waals surface area contributed by atoms with Gasteiger partial charge in [-0.1, -0.05) is 6.07 Å². The smallest absolute Gasteiger partial charge is 0.343 e. The van der Waals surface area contributed by atoms with Gasteiger partial charge in [-0.3, -0.25) is 10.1 Å². The van der Waals surface area contributed by atoms with Crippen molar-refractivity contribution in [3.63, 3.8) is 0 Å². The van der Waals surface area contributed by atoms with Crippen LogP contribution in [0, 0.1) is 21.7 Å². The molecule has 0 aromatic heterocycles. The van der Waals surface area contributed by atoms with Crippen molar-refractivity contribution < 1.29 is 28.0 Å². The normalized spacial score (nSPS) is 10.6. The average Bonchev–Trinajstić information content (AvgIpc) is 2.56. The van der Waals surface area contributed by atoms with E-state index in [0.717, 1.165) is 24.4 Å². The van der Waals surface area contributed by atoms with Crippen LogP contribution < -0.4 is 9.47 Å². The van der Waals surface area contributed by atoms with E-state index in [0.29, 0.717) is 5.56 Å². The number of nitro groups is 1. The fraction of sp³-hybridized carbons (Fsp3) is 0.0625. The predicted octanol–water partition coefficient (Wildman–Crippen LogP) is 3.44. The highest BCUT2D eigenvalue weighted by Gasteiger charge is 2.15. The molecule has 0 heterocycles. The van der Waals surface area contributed by atoms with E-state index in [-0.39, 0.29) is 17.1 Å². The molecule has 124 valence electrons. The molecule has 0 saturated carbocycles. The van der Waals surface area contributed by atoms with Gasteiger partial charge in [-0.2, -0.15) is 0 Å². The van der Waals surface area contributed by atoms with E-state index >= 15 is 0 Å². The number of ether oxygens (including phenoxy) is 2. The first-order chi connectivity index (χ1) is 11.4. The van der Waals surface area contributed by atoms with Crippen LogP contribution in [0.25, 0.3) is 6.08 Å². The minimum absolute atomic E-state index is 0.0329. The lowest BCUT2D eigenvalue weighted by atomic mass is 10.2. The third kappa shape index (κ3) is 4.13. The number of carbonyl (C=O) groups excluding carboxylic acids is 1. The second-order valence-corrected chi connectivity index (χ2v) is 4.53. The van der Waals surface area contributed by atoms with Gasteiger partial charge in [0.1, 0.15) is 0 Å². The van der Waals surface area contributed by atoms with E-state index in [1.165, 1.54) is 31.4 Å². The highest BCUT2D eigenvalue weighted by Crippen LogP contribution is 2.29. The quantitative estimate of drug-likeness (QED) is 0.362. The van der Waals surface area contributed by atoms with Crippen molar-refractivity contribution in [2.75, 3.05) is 7.11 Å². The molecular formula is C16H11F2NO5. The first-order valence-electron chi connectivity index (χ1n) is 6.57. The molecule has 0 fully saturated rings. The zero-order valence-electron chi connectivity index (χ0n) is 12.4. The van der Waals surface area contributed by atoms with Gasteiger partial charge < -0.3 is 9.47 Å². The van der Waals surface area contributed by atoms with Crippen LogP contribution in [0.4, 0.5) is 8.78 Å². The summed E-state index contributed by atoms with van der Waals surface area (Å²) >= 11 is 0. The summed E-state index contributed by atoms with van der Waals surface area (Å²) in [7, 11) is 1.32. The number of rotatable bonds is 5. The van der Waals surface area contributed by atoms with E-state index in [1.807, 2.05) is 0 Å². The van der Waals surface area contributed by atoms with Crippen LogP contribution in [0.3, 0.4) is 0 Å². The maximum atomic E-state index is 13.2. The predicted molar refractivity (Wildman–Crippen MR) is 80.3 cm³/mol. The van der Waals surface area contributed by atoms with Gasteiger partial charge >= 0.3 is 5.97 Å². The Balaban J connectivity index is 2.23. The largest absolute Gasteiger partial charge is 0.493 e. The van der Waals surface area contributed by atoms with E-state index in [4.69, 9.17) is 9.47 Å². The Morgan fingerprint density at radius 2 is 1.88 bits per heavy atom. The minimum atomic E-state index is -1.17.